The molecular formula is C8H7N5O2S. The number of nitrogens with zero attached hydrogens (tertiary/aromatic N) is 5. The Kier molecular flexibility index (Phi) is 2.73. The van der Waals surface area contributed by atoms with Crippen LogP contribution in [-0.2, 0) is 0 Å². The average Bonchev–Trinajstić information content (AvgIpc) is 2.77. The van der Waals surface area contributed by atoms with Crippen LogP contribution < -0.4 is 4.31 Å². The molecule has 1 heterocycles. The smallest absolute Gasteiger partial charge is 0.424 e. The minimum absolute atomic E-state index is 0.0158. The van der Waals surface area contributed by atoms with Gasteiger partial charge >= 0.3 is 6.09 Å². The van der Waals surface area contributed by atoms with Crippen molar-refractivity contribution in [2.24, 2.45) is 0 Å². The third-order valence-electron chi connectivity index (χ3n) is 1.82. The highest BCUT2D eigenvalue weighted by Crippen LogP contribution is 2.16. The minimum Gasteiger partial charge on any atom is -0.464 e. The second-order valence-electron chi connectivity index (χ2n) is 2.82. The molecular weight excluding hydrogens is 230 g/mol. The first-order valence-electron chi connectivity index (χ1n) is 4.26. The molecule has 1 amide bonds. The zero-order chi connectivity index (χ0) is 11.5. The predicted molar refractivity (Wildman–Crippen MR) is 58.6 cm³/mol. The molecule has 0 aliphatic heterocycles. The Labute approximate surface area is 95.8 Å². The fraction of sp³-hybridized carbons (Fsp3) is 0. The van der Waals surface area contributed by atoms with E-state index in [1.54, 1.807) is 24.3 Å². The Balaban J connectivity index is 2.44. The molecule has 82 valence electrons. The topological polar surface area (TPSA) is 84.1 Å². The number of hydrogen-bond acceptors (Lipinski definition) is 5. The normalized spacial score (nSPS) is 10.1. The SMILES string of the molecule is O=C(O)N(S)c1nnnn1-c1ccccc1. The summed E-state index contributed by atoms with van der Waals surface area (Å²) in [4.78, 5) is 10.7. The molecule has 16 heavy (non-hydrogen) atoms. The average molecular weight is 237 g/mol. The van der Waals surface area contributed by atoms with Crippen LogP contribution in [0.15, 0.2) is 30.3 Å². The van der Waals surface area contributed by atoms with Gasteiger partial charge in [-0.15, -0.1) is 0 Å². The number of hydrogen-bond donors (Lipinski definition) is 2. The molecule has 2 rings (SSSR count). The zero-order valence-corrected chi connectivity index (χ0v) is 8.82. The number of thiol groups is 1. The summed E-state index contributed by atoms with van der Waals surface area (Å²) >= 11 is 3.77. The molecule has 0 saturated carbocycles. The van der Waals surface area contributed by atoms with Crippen LogP contribution in [0.3, 0.4) is 0 Å². The van der Waals surface area contributed by atoms with Gasteiger partial charge in [-0.25, -0.2) is 4.79 Å². The number of tetrazole rings is 1. The van der Waals surface area contributed by atoms with E-state index in [4.69, 9.17) is 5.11 Å². The van der Waals surface area contributed by atoms with Gasteiger partial charge < -0.3 is 5.11 Å². The maximum Gasteiger partial charge on any atom is 0.424 e. The fourth-order valence-electron chi connectivity index (χ4n) is 1.14. The van der Waals surface area contributed by atoms with Gasteiger partial charge in [-0.05, 0) is 22.6 Å². The molecule has 0 bridgehead atoms. The predicted octanol–water partition coefficient (Wildman–Crippen LogP) is 0.991. The van der Waals surface area contributed by atoms with Crippen LogP contribution in [0, 0.1) is 0 Å². The molecule has 0 spiro atoms. The molecule has 8 heteroatoms. The highest BCUT2D eigenvalue weighted by atomic mass is 32.1. The van der Waals surface area contributed by atoms with Gasteiger partial charge in [0.1, 0.15) is 0 Å². The number of carboxylic acid groups (broad SMARTS) is 1. The van der Waals surface area contributed by atoms with Crippen molar-refractivity contribution in [3.8, 4) is 5.69 Å². The Hall–Kier alpha value is -2.09. The standard InChI is InChI=1S/C8H7N5O2S/c14-8(15)13(16)7-9-10-11-12(7)6-4-2-1-3-5-6/h1-5,16H,(H,14,15). The van der Waals surface area contributed by atoms with Gasteiger partial charge in [0.2, 0.25) is 0 Å². The van der Waals surface area contributed by atoms with Gasteiger partial charge in [0.15, 0.2) is 0 Å². The lowest BCUT2D eigenvalue weighted by molar-refractivity contribution is 0.206. The summed E-state index contributed by atoms with van der Waals surface area (Å²) < 4.78 is 1.92. The summed E-state index contributed by atoms with van der Waals surface area (Å²) in [6.07, 6.45) is -1.25. The van der Waals surface area contributed by atoms with Crippen molar-refractivity contribution < 1.29 is 9.90 Å². The molecule has 1 N–H and O–H groups in total. The van der Waals surface area contributed by atoms with Gasteiger partial charge in [-0.1, -0.05) is 36.1 Å². The van der Waals surface area contributed by atoms with Crippen LogP contribution in [0.25, 0.3) is 5.69 Å². The number of anilines is 1. The Morgan fingerprint density at radius 3 is 2.69 bits per heavy atom. The second-order valence-corrected chi connectivity index (χ2v) is 3.22. The van der Waals surface area contributed by atoms with E-state index >= 15 is 0 Å². The maximum atomic E-state index is 10.7. The zero-order valence-electron chi connectivity index (χ0n) is 7.93. The van der Waals surface area contributed by atoms with Crippen LogP contribution in [0.5, 0.6) is 0 Å². The molecule has 0 unspecified atom stereocenters. The highest BCUT2D eigenvalue weighted by Gasteiger charge is 2.18. The molecule has 2 aromatic rings. The summed E-state index contributed by atoms with van der Waals surface area (Å²) in [5, 5.41) is 19.5. The Bertz CT molecular complexity index is 500. The van der Waals surface area contributed by atoms with Crippen molar-refractivity contribution in [1.29, 1.82) is 0 Å². The monoisotopic (exact) mass is 237 g/mol. The lowest BCUT2D eigenvalue weighted by Gasteiger charge is -2.09. The molecule has 0 radical (unpaired) electrons. The van der Waals surface area contributed by atoms with Gasteiger partial charge in [0.25, 0.3) is 5.95 Å². The van der Waals surface area contributed by atoms with E-state index in [-0.39, 0.29) is 5.95 Å². The van der Waals surface area contributed by atoms with E-state index in [1.807, 2.05) is 6.07 Å². The van der Waals surface area contributed by atoms with Crippen LogP contribution in [0.4, 0.5) is 10.7 Å². The molecule has 0 saturated heterocycles. The van der Waals surface area contributed by atoms with Crippen molar-refractivity contribution in [1.82, 2.24) is 20.2 Å². The van der Waals surface area contributed by atoms with E-state index < -0.39 is 6.09 Å². The number of para-hydroxylation sites is 1. The maximum absolute atomic E-state index is 10.7. The quantitative estimate of drug-likeness (QED) is 0.761. The highest BCUT2D eigenvalue weighted by molar-refractivity contribution is 7.82. The van der Waals surface area contributed by atoms with Gasteiger partial charge in [0, 0.05) is 0 Å². The van der Waals surface area contributed by atoms with Crippen LogP contribution in [0.1, 0.15) is 0 Å². The van der Waals surface area contributed by atoms with Gasteiger partial charge in [0.05, 0.1) is 5.69 Å². The summed E-state index contributed by atoms with van der Waals surface area (Å²) in [7, 11) is 0. The number of carbonyl (C=O) groups is 1. The van der Waals surface area contributed by atoms with Crippen LogP contribution >= 0.6 is 12.8 Å². The summed E-state index contributed by atoms with van der Waals surface area (Å²) in [6.45, 7) is 0. The lowest BCUT2D eigenvalue weighted by atomic mass is 10.3. The Morgan fingerprint density at radius 1 is 1.38 bits per heavy atom. The first-order valence-corrected chi connectivity index (χ1v) is 4.66. The van der Waals surface area contributed by atoms with E-state index in [0.29, 0.717) is 9.99 Å². The summed E-state index contributed by atoms with van der Waals surface area (Å²) in [5.74, 6) is 0.0158. The fourth-order valence-corrected chi connectivity index (χ4v) is 1.26. The van der Waals surface area contributed by atoms with Crippen molar-refractivity contribution in [2.45, 2.75) is 0 Å². The number of rotatable bonds is 2. The summed E-state index contributed by atoms with van der Waals surface area (Å²) in [5.41, 5.74) is 0.655. The van der Waals surface area contributed by atoms with E-state index in [2.05, 4.69) is 28.3 Å². The van der Waals surface area contributed by atoms with Crippen LogP contribution in [-0.4, -0.2) is 31.4 Å². The number of amides is 1. The van der Waals surface area contributed by atoms with E-state index in [9.17, 15) is 4.79 Å². The number of benzene rings is 1. The minimum atomic E-state index is -1.25. The van der Waals surface area contributed by atoms with Crippen LogP contribution in [0.2, 0.25) is 0 Å². The van der Waals surface area contributed by atoms with Gasteiger partial charge in [-0.3, -0.25) is 0 Å². The molecule has 1 aromatic carbocycles. The van der Waals surface area contributed by atoms with E-state index in [1.165, 1.54) is 4.68 Å². The van der Waals surface area contributed by atoms with Crippen molar-refractivity contribution in [2.75, 3.05) is 4.31 Å². The third-order valence-corrected chi connectivity index (χ3v) is 2.17. The van der Waals surface area contributed by atoms with Crippen molar-refractivity contribution >= 4 is 24.9 Å². The largest absolute Gasteiger partial charge is 0.464 e. The second kappa shape index (κ2) is 4.19. The summed E-state index contributed by atoms with van der Waals surface area (Å²) in [6, 6.07) is 8.94. The third kappa shape index (κ3) is 1.82. The Morgan fingerprint density at radius 2 is 2.06 bits per heavy atom. The lowest BCUT2D eigenvalue weighted by Crippen LogP contribution is -2.21. The first-order chi connectivity index (χ1) is 7.70. The van der Waals surface area contributed by atoms with Gasteiger partial charge in [-0.2, -0.15) is 8.99 Å². The van der Waals surface area contributed by atoms with Crippen molar-refractivity contribution in [3.05, 3.63) is 30.3 Å². The molecule has 0 atom stereocenters. The first kappa shape index (κ1) is 10.4. The molecule has 0 aliphatic carbocycles. The molecule has 0 aliphatic rings. The van der Waals surface area contributed by atoms with E-state index in [0.717, 1.165) is 0 Å². The molecule has 1 aromatic heterocycles. The molecule has 0 fully saturated rings. The number of aromatic nitrogens is 4. The van der Waals surface area contributed by atoms with Crippen molar-refractivity contribution in [3.63, 3.8) is 0 Å². The molecule has 7 nitrogen and oxygen atoms in total.